The van der Waals surface area contributed by atoms with Crippen molar-refractivity contribution in [1.29, 1.82) is 0 Å². The van der Waals surface area contributed by atoms with Crippen molar-refractivity contribution in [3.63, 3.8) is 0 Å². The van der Waals surface area contributed by atoms with E-state index in [1.807, 2.05) is 20.8 Å². The zero-order valence-electron chi connectivity index (χ0n) is 18.2. The summed E-state index contributed by atoms with van der Waals surface area (Å²) in [7, 11) is 0. The topological polar surface area (TPSA) is 59.0 Å². The molecule has 0 aromatic heterocycles. The number of hydrogen-bond donors (Lipinski definition) is 1. The average molecular weight is 433 g/mol. The second kappa shape index (κ2) is 12.1. The number of nitrogens with zero attached hydrogens (tertiary/aromatic N) is 1. The molecule has 0 radical (unpaired) electrons. The average Bonchev–Trinajstić information content (AvgIpc) is 2.75. The van der Waals surface area contributed by atoms with Gasteiger partial charge in [-0.05, 0) is 56.2 Å². The highest BCUT2D eigenvalue weighted by Crippen LogP contribution is 2.32. The van der Waals surface area contributed by atoms with Crippen molar-refractivity contribution in [3.8, 4) is 11.5 Å². The van der Waals surface area contributed by atoms with E-state index in [-0.39, 0.29) is 31.3 Å². The van der Waals surface area contributed by atoms with Crippen molar-refractivity contribution >= 4 is 11.5 Å². The molecule has 1 N–H and O–H groups in total. The monoisotopic (exact) mass is 433 g/mol. The summed E-state index contributed by atoms with van der Waals surface area (Å²) >= 11 is 0. The minimum atomic E-state index is -0.687. The molecule has 2 aromatic carbocycles. The van der Waals surface area contributed by atoms with Crippen molar-refractivity contribution in [2.75, 3.05) is 26.3 Å². The van der Waals surface area contributed by atoms with Crippen LogP contribution in [0.1, 0.15) is 38.3 Å². The minimum Gasteiger partial charge on any atom is -0.490 e. The predicted octanol–water partition coefficient (Wildman–Crippen LogP) is 4.58. The van der Waals surface area contributed by atoms with Gasteiger partial charge in [0.2, 0.25) is 5.91 Å². The Morgan fingerprint density at radius 1 is 1.06 bits per heavy atom. The number of halogens is 2. The quantitative estimate of drug-likeness (QED) is 0.416. The SMILES string of the molecule is CCN(CC)C(=O)/C=C(\C)c1ccc(OCc2c(F)cccc2F)c(OCCCO)c1. The van der Waals surface area contributed by atoms with E-state index < -0.39 is 11.6 Å². The summed E-state index contributed by atoms with van der Waals surface area (Å²) in [6.07, 6.45) is 1.98. The van der Waals surface area contributed by atoms with Crippen LogP contribution in [0.2, 0.25) is 0 Å². The summed E-state index contributed by atoms with van der Waals surface area (Å²) in [5.41, 5.74) is 1.33. The van der Waals surface area contributed by atoms with E-state index in [0.29, 0.717) is 31.0 Å². The predicted molar refractivity (Wildman–Crippen MR) is 116 cm³/mol. The first-order valence-electron chi connectivity index (χ1n) is 10.3. The van der Waals surface area contributed by atoms with Crippen LogP contribution in [0.15, 0.2) is 42.5 Å². The molecule has 0 aliphatic heterocycles. The van der Waals surface area contributed by atoms with Gasteiger partial charge in [-0.2, -0.15) is 0 Å². The Labute approximate surface area is 181 Å². The van der Waals surface area contributed by atoms with Gasteiger partial charge in [0.15, 0.2) is 11.5 Å². The molecule has 0 bridgehead atoms. The molecule has 0 aliphatic carbocycles. The third-order valence-electron chi connectivity index (χ3n) is 4.81. The van der Waals surface area contributed by atoms with Crippen molar-refractivity contribution in [1.82, 2.24) is 4.90 Å². The Hall–Kier alpha value is -2.93. The zero-order chi connectivity index (χ0) is 22.8. The van der Waals surface area contributed by atoms with E-state index >= 15 is 0 Å². The smallest absolute Gasteiger partial charge is 0.246 e. The Morgan fingerprint density at radius 3 is 2.35 bits per heavy atom. The lowest BCUT2D eigenvalue weighted by molar-refractivity contribution is -0.125. The summed E-state index contributed by atoms with van der Waals surface area (Å²) < 4.78 is 39.1. The van der Waals surface area contributed by atoms with E-state index in [9.17, 15) is 13.6 Å². The summed E-state index contributed by atoms with van der Waals surface area (Å²) in [6, 6.07) is 8.75. The summed E-state index contributed by atoms with van der Waals surface area (Å²) in [6.45, 7) is 6.80. The van der Waals surface area contributed by atoms with Gasteiger partial charge in [0.05, 0.1) is 12.2 Å². The number of likely N-dealkylation sites (N-methyl/N-ethyl adjacent to an activating group) is 1. The standard InChI is InChI=1S/C24H29F2NO4/c1-4-27(5-2)24(29)14-17(3)18-10-11-22(23(15-18)30-13-7-12-28)31-16-19-20(25)8-6-9-21(19)26/h6,8-11,14-15,28H,4-5,7,12-13,16H2,1-3H3/b17-14+. The molecule has 0 heterocycles. The molecule has 7 heteroatoms. The number of aliphatic hydroxyl groups excluding tert-OH is 1. The number of ether oxygens (including phenoxy) is 2. The molecule has 2 aromatic rings. The van der Waals surface area contributed by atoms with Crippen molar-refractivity contribution < 1.29 is 28.2 Å². The fraction of sp³-hybridized carbons (Fsp3) is 0.375. The molecule has 31 heavy (non-hydrogen) atoms. The molecule has 168 valence electrons. The normalized spacial score (nSPS) is 11.4. The molecule has 0 saturated carbocycles. The van der Waals surface area contributed by atoms with Crippen LogP contribution in [-0.4, -0.2) is 42.2 Å². The Bertz CT molecular complexity index is 890. The molecule has 1 amide bonds. The number of hydrogen-bond acceptors (Lipinski definition) is 4. The molecule has 5 nitrogen and oxygen atoms in total. The second-order valence-corrected chi connectivity index (χ2v) is 6.91. The van der Waals surface area contributed by atoms with Crippen molar-refractivity contribution in [2.45, 2.75) is 33.8 Å². The number of carbonyl (C=O) groups excluding carboxylic acids is 1. The van der Waals surface area contributed by atoms with Crippen LogP contribution >= 0.6 is 0 Å². The summed E-state index contributed by atoms with van der Waals surface area (Å²) in [5, 5.41) is 9.02. The van der Waals surface area contributed by atoms with Gasteiger partial charge in [0.25, 0.3) is 0 Å². The molecular formula is C24H29F2NO4. The number of carbonyl (C=O) groups is 1. The number of amides is 1. The second-order valence-electron chi connectivity index (χ2n) is 6.91. The Morgan fingerprint density at radius 2 is 1.74 bits per heavy atom. The molecule has 0 unspecified atom stereocenters. The lowest BCUT2D eigenvalue weighted by Crippen LogP contribution is -2.28. The number of benzene rings is 2. The van der Waals surface area contributed by atoms with E-state index in [1.54, 1.807) is 29.2 Å². The van der Waals surface area contributed by atoms with E-state index in [1.165, 1.54) is 18.2 Å². The van der Waals surface area contributed by atoms with E-state index in [4.69, 9.17) is 14.6 Å². The molecular weight excluding hydrogens is 404 g/mol. The van der Waals surface area contributed by atoms with Gasteiger partial charge in [-0.25, -0.2) is 8.78 Å². The third-order valence-corrected chi connectivity index (χ3v) is 4.81. The summed E-state index contributed by atoms with van der Waals surface area (Å²) in [5.74, 6) is -0.778. The van der Waals surface area contributed by atoms with Crippen LogP contribution in [0.4, 0.5) is 8.78 Å². The lowest BCUT2D eigenvalue weighted by atomic mass is 10.1. The van der Waals surface area contributed by atoms with Crippen LogP contribution in [0, 0.1) is 11.6 Å². The number of allylic oxidation sites excluding steroid dienone is 1. The maximum atomic E-state index is 13.9. The maximum Gasteiger partial charge on any atom is 0.246 e. The minimum absolute atomic E-state index is 0.0341. The summed E-state index contributed by atoms with van der Waals surface area (Å²) in [4.78, 5) is 14.1. The number of rotatable bonds is 11. The highest BCUT2D eigenvalue weighted by atomic mass is 19.1. The molecule has 2 rings (SSSR count). The van der Waals surface area contributed by atoms with Gasteiger partial charge in [0, 0.05) is 32.2 Å². The highest BCUT2D eigenvalue weighted by Gasteiger charge is 2.14. The third kappa shape index (κ3) is 6.79. The molecule has 0 fully saturated rings. The van der Waals surface area contributed by atoms with Crippen molar-refractivity contribution in [3.05, 3.63) is 65.2 Å². The largest absolute Gasteiger partial charge is 0.490 e. The fourth-order valence-electron chi connectivity index (χ4n) is 2.95. The number of aliphatic hydroxyl groups is 1. The van der Waals surface area contributed by atoms with Gasteiger partial charge in [-0.1, -0.05) is 12.1 Å². The molecule has 0 saturated heterocycles. The Balaban J connectivity index is 2.27. The Kier molecular flexibility index (Phi) is 9.46. The van der Waals surface area contributed by atoms with Crippen molar-refractivity contribution in [2.24, 2.45) is 0 Å². The lowest BCUT2D eigenvalue weighted by Gasteiger charge is -2.17. The van der Waals surface area contributed by atoms with Crippen LogP contribution in [0.5, 0.6) is 11.5 Å². The van der Waals surface area contributed by atoms with Gasteiger partial charge < -0.3 is 19.5 Å². The molecule has 0 aliphatic rings. The first kappa shape index (κ1) is 24.3. The van der Waals surface area contributed by atoms with E-state index in [2.05, 4.69) is 0 Å². The van der Waals surface area contributed by atoms with Gasteiger partial charge in [-0.15, -0.1) is 0 Å². The van der Waals surface area contributed by atoms with Gasteiger partial charge in [-0.3, -0.25) is 4.79 Å². The van der Waals surface area contributed by atoms with Gasteiger partial charge >= 0.3 is 0 Å². The molecule has 0 atom stereocenters. The maximum absolute atomic E-state index is 13.9. The highest BCUT2D eigenvalue weighted by molar-refractivity contribution is 5.95. The van der Waals surface area contributed by atoms with Crippen LogP contribution in [-0.2, 0) is 11.4 Å². The fourth-order valence-corrected chi connectivity index (χ4v) is 2.95. The van der Waals surface area contributed by atoms with Crippen LogP contribution in [0.3, 0.4) is 0 Å². The van der Waals surface area contributed by atoms with Crippen LogP contribution < -0.4 is 9.47 Å². The first-order valence-corrected chi connectivity index (χ1v) is 10.3. The van der Waals surface area contributed by atoms with E-state index in [0.717, 1.165) is 11.1 Å². The van der Waals surface area contributed by atoms with Crippen LogP contribution in [0.25, 0.3) is 5.57 Å². The zero-order valence-corrected chi connectivity index (χ0v) is 18.2. The first-order chi connectivity index (χ1) is 14.9. The van der Waals surface area contributed by atoms with Gasteiger partial charge in [0.1, 0.15) is 18.2 Å². The molecule has 0 spiro atoms.